The molecule has 2 aliphatic heterocycles. The molecule has 1 aromatic rings. The topological polar surface area (TPSA) is 15.6 Å². The van der Waals surface area contributed by atoms with Crippen LogP contribution in [0.25, 0.3) is 0 Å². The predicted molar refractivity (Wildman–Crippen MR) is 99.8 cm³/mol. The van der Waals surface area contributed by atoms with Gasteiger partial charge in [-0.25, -0.2) is 0 Å². The molecule has 1 saturated heterocycles. The van der Waals surface area contributed by atoms with Crippen LogP contribution in [0.3, 0.4) is 0 Å². The lowest BCUT2D eigenvalue weighted by molar-refractivity contribution is -0.137. The van der Waals surface area contributed by atoms with Gasteiger partial charge in [0.2, 0.25) is 0 Å². The molecule has 2 heterocycles. The van der Waals surface area contributed by atoms with Crippen molar-refractivity contribution in [2.75, 3.05) is 13.1 Å². The van der Waals surface area contributed by atoms with Crippen LogP contribution in [0.4, 0.5) is 13.2 Å². The van der Waals surface area contributed by atoms with Crippen LogP contribution in [0.15, 0.2) is 29.3 Å². The first kappa shape index (κ1) is 17.6. The van der Waals surface area contributed by atoms with E-state index in [2.05, 4.69) is 4.90 Å². The lowest BCUT2D eigenvalue weighted by Crippen LogP contribution is -2.39. The summed E-state index contributed by atoms with van der Waals surface area (Å²) >= 11 is 0. The van der Waals surface area contributed by atoms with Gasteiger partial charge in [0.25, 0.3) is 0 Å². The molecule has 4 aliphatic rings. The van der Waals surface area contributed by atoms with Crippen LogP contribution in [-0.4, -0.2) is 29.4 Å². The highest BCUT2D eigenvalue weighted by molar-refractivity contribution is 5.85. The number of benzene rings is 1. The molecule has 1 aromatic carbocycles. The van der Waals surface area contributed by atoms with E-state index >= 15 is 0 Å². The molecule has 5 heteroatoms. The number of rotatable bonds is 1. The standard InChI is InChI=1S/C22H27F3N2/c23-22(24,25)17-7-4-15(5-8-17)20-16-6-9-18(14-16)21(20)11-10-19(26-21)27-12-2-1-3-13-27/h4-5,7-8,16,18,20H,1-3,6,9-14H2. The minimum atomic E-state index is -4.27. The second kappa shape index (κ2) is 6.25. The summed E-state index contributed by atoms with van der Waals surface area (Å²) in [5.41, 5.74) is 0.460. The predicted octanol–water partition coefficient (Wildman–Crippen LogP) is 5.64. The first-order chi connectivity index (χ1) is 13.0. The van der Waals surface area contributed by atoms with Gasteiger partial charge < -0.3 is 4.90 Å². The maximum atomic E-state index is 13.0. The van der Waals surface area contributed by atoms with Gasteiger partial charge in [0.1, 0.15) is 0 Å². The van der Waals surface area contributed by atoms with Crippen LogP contribution in [-0.2, 0) is 6.18 Å². The Morgan fingerprint density at radius 1 is 1.00 bits per heavy atom. The van der Waals surface area contributed by atoms with Crippen LogP contribution >= 0.6 is 0 Å². The van der Waals surface area contributed by atoms with Crippen molar-refractivity contribution < 1.29 is 13.2 Å². The summed E-state index contributed by atoms with van der Waals surface area (Å²) in [4.78, 5) is 7.85. The summed E-state index contributed by atoms with van der Waals surface area (Å²) in [5.74, 6) is 2.76. The summed E-state index contributed by atoms with van der Waals surface area (Å²) < 4.78 is 38.9. The average molecular weight is 376 g/mol. The number of hydrogen-bond acceptors (Lipinski definition) is 2. The molecule has 5 rings (SSSR count). The fourth-order valence-electron chi connectivity index (χ4n) is 6.44. The van der Waals surface area contributed by atoms with Crippen LogP contribution < -0.4 is 0 Å². The zero-order chi connectivity index (χ0) is 18.6. The molecule has 2 aliphatic carbocycles. The van der Waals surface area contributed by atoms with Gasteiger partial charge in [-0.05, 0) is 74.5 Å². The van der Waals surface area contributed by atoms with Crippen LogP contribution in [0.2, 0.25) is 0 Å². The van der Waals surface area contributed by atoms with Gasteiger partial charge in [0.05, 0.1) is 16.9 Å². The Kier molecular flexibility index (Phi) is 4.07. The molecule has 4 unspecified atom stereocenters. The van der Waals surface area contributed by atoms with Crippen molar-refractivity contribution in [2.24, 2.45) is 16.8 Å². The second-order valence-electron chi connectivity index (χ2n) is 8.93. The second-order valence-corrected chi connectivity index (χ2v) is 8.93. The van der Waals surface area contributed by atoms with E-state index in [-0.39, 0.29) is 5.54 Å². The normalized spacial score (nSPS) is 35.9. The maximum absolute atomic E-state index is 13.0. The number of amidine groups is 1. The summed E-state index contributed by atoms with van der Waals surface area (Å²) in [6.45, 7) is 2.24. The number of likely N-dealkylation sites (tertiary alicyclic amines) is 1. The molecule has 0 aromatic heterocycles. The lowest BCUT2D eigenvalue weighted by Gasteiger charge is -2.39. The van der Waals surface area contributed by atoms with Crippen molar-refractivity contribution in [3.63, 3.8) is 0 Å². The van der Waals surface area contributed by atoms with Gasteiger partial charge in [-0.1, -0.05) is 12.1 Å². The summed E-state index contributed by atoms with van der Waals surface area (Å²) in [7, 11) is 0. The molecule has 0 amide bonds. The van der Waals surface area contributed by atoms with E-state index < -0.39 is 11.7 Å². The quantitative estimate of drug-likeness (QED) is 0.620. The van der Waals surface area contributed by atoms with Crippen molar-refractivity contribution in [3.05, 3.63) is 35.4 Å². The van der Waals surface area contributed by atoms with E-state index in [9.17, 15) is 13.2 Å². The van der Waals surface area contributed by atoms with E-state index in [0.717, 1.165) is 31.5 Å². The Balaban J connectivity index is 1.47. The molecular weight excluding hydrogens is 349 g/mol. The lowest BCUT2D eigenvalue weighted by atomic mass is 9.69. The number of piperidine rings is 1. The number of hydrogen-bond donors (Lipinski definition) is 0. The van der Waals surface area contributed by atoms with Crippen LogP contribution in [0.1, 0.15) is 68.4 Å². The van der Waals surface area contributed by atoms with Gasteiger partial charge in [0, 0.05) is 25.4 Å². The summed E-state index contributed by atoms with van der Waals surface area (Å²) in [6.07, 6.45) is 5.30. The molecule has 0 radical (unpaired) electrons. The van der Waals surface area contributed by atoms with Crippen molar-refractivity contribution >= 4 is 5.84 Å². The molecule has 3 fully saturated rings. The highest BCUT2D eigenvalue weighted by Gasteiger charge is 2.60. The summed E-state index contributed by atoms with van der Waals surface area (Å²) in [6, 6.07) is 5.98. The van der Waals surface area contributed by atoms with Crippen molar-refractivity contribution in [3.8, 4) is 0 Å². The SMILES string of the molecule is FC(F)(F)c1ccc(C2C3CCC(C3)C23CCC(N2CCCCC2)=N3)cc1. The van der Waals surface area contributed by atoms with Gasteiger partial charge in [0.15, 0.2) is 0 Å². The third-order valence-corrected chi connectivity index (χ3v) is 7.59. The van der Waals surface area contributed by atoms with Gasteiger partial charge in [-0.2, -0.15) is 13.2 Å². The van der Waals surface area contributed by atoms with Crippen LogP contribution in [0, 0.1) is 11.8 Å². The van der Waals surface area contributed by atoms with Gasteiger partial charge in [-0.3, -0.25) is 4.99 Å². The fraction of sp³-hybridized carbons (Fsp3) is 0.682. The molecular formula is C22H27F3N2. The van der Waals surface area contributed by atoms with E-state index in [4.69, 9.17) is 4.99 Å². The van der Waals surface area contributed by atoms with E-state index in [1.165, 1.54) is 56.5 Å². The van der Waals surface area contributed by atoms with Gasteiger partial charge >= 0.3 is 6.18 Å². The summed E-state index contributed by atoms with van der Waals surface area (Å²) in [5, 5.41) is 0. The van der Waals surface area contributed by atoms with Crippen LogP contribution in [0.5, 0.6) is 0 Å². The molecule has 4 atom stereocenters. The van der Waals surface area contributed by atoms with E-state index in [1.54, 1.807) is 12.1 Å². The number of alkyl halides is 3. The maximum Gasteiger partial charge on any atom is 0.416 e. The third-order valence-electron chi connectivity index (χ3n) is 7.59. The molecule has 1 spiro atoms. The van der Waals surface area contributed by atoms with E-state index in [0.29, 0.717) is 17.8 Å². The Labute approximate surface area is 158 Å². The first-order valence-electron chi connectivity index (χ1n) is 10.5. The highest BCUT2D eigenvalue weighted by Crippen LogP contribution is 2.63. The Hall–Kier alpha value is -1.52. The molecule has 146 valence electrons. The smallest absolute Gasteiger partial charge is 0.360 e. The molecule has 0 N–H and O–H groups in total. The third kappa shape index (κ3) is 2.80. The Bertz CT molecular complexity index is 733. The number of nitrogens with zero attached hydrogens (tertiary/aromatic N) is 2. The zero-order valence-corrected chi connectivity index (χ0v) is 15.6. The van der Waals surface area contributed by atoms with Crippen molar-refractivity contribution in [1.29, 1.82) is 0 Å². The van der Waals surface area contributed by atoms with Crippen molar-refractivity contribution in [1.82, 2.24) is 4.90 Å². The largest absolute Gasteiger partial charge is 0.416 e. The highest BCUT2D eigenvalue weighted by atomic mass is 19.4. The first-order valence-corrected chi connectivity index (χ1v) is 10.5. The van der Waals surface area contributed by atoms with E-state index in [1.807, 2.05) is 0 Å². The monoisotopic (exact) mass is 376 g/mol. The minimum Gasteiger partial charge on any atom is -0.360 e. The van der Waals surface area contributed by atoms with Crippen molar-refractivity contribution in [2.45, 2.75) is 69.0 Å². The number of halogens is 3. The fourth-order valence-corrected chi connectivity index (χ4v) is 6.44. The number of fused-ring (bicyclic) bond motifs is 3. The zero-order valence-electron chi connectivity index (χ0n) is 15.6. The minimum absolute atomic E-state index is 0.0601. The molecule has 2 saturated carbocycles. The number of aliphatic imine (C=N–C) groups is 1. The molecule has 27 heavy (non-hydrogen) atoms. The molecule has 2 nitrogen and oxygen atoms in total. The Morgan fingerprint density at radius 3 is 2.44 bits per heavy atom. The van der Waals surface area contributed by atoms with Gasteiger partial charge in [-0.15, -0.1) is 0 Å². The molecule has 2 bridgehead atoms. The Morgan fingerprint density at radius 2 is 1.74 bits per heavy atom. The average Bonchev–Trinajstić information content (AvgIpc) is 3.37.